The van der Waals surface area contributed by atoms with Crippen LogP contribution in [0.3, 0.4) is 0 Å². The van der Waals surface area contributed by atoms with E-state index in [0.29, 0.717) is 0 Å². The van der Waals surface area contributed by atoms with E-state index in [1.165, 1.54) is 6.92 Å². The predicted octanol–water partition coefficient (Wildman–Crippen LogP) is 1.28. The van der Waals surface area contributed by atoms with E-state index in [4.69, 9.17) is 9.47 Å². The van der Waals surface area contributed by atoms with E-state index in [-0.39, 0.29) is 24.3 Å². The summed E-state index contributed by atoms with van der Waals surface area (Å²) in [6.07, 6.45) is 3.02. The van der Waals surface area contributed by atoms with Gasteiger partial charge in [-0.3, -0.25) is 4.79 Å². The van der Waals surface area contributed by atoms with Gasteiger partial charge in [0.05, 0.1) is 6.10 Å². The Labute approximate surface area is 84.1 Å². The van der Waals surface area contributed by atoms with Gasteiger partial charge in [0, 0.05) is 6.92 Å². The summed E-state index contributed by atoms with van der Waals surface area (Å²) in [7, 11) is 0. The largest absolute Gasteiger partial charge is 0.456 e. The summed E-state index contributed by atoms with van der Waals surface area (Å²) >= 11 is 0. The number of rotatable bonds is 1. The molecule has 0 aliphatic carbocycles. The highest BCUT2D eigenvalue weighted by molar-refractivity contribution is 5.66. The molecule has 14 heavy (non-hydrogen) atoms. The number of hydrogen-bond donors (Lipinski definition) is 0. The first-order valence-electron chi connectivity index (χ1n) is 4.56. The third-order valence-corrected chi connectivity index (χ3v) is 1.89. The maximum absolute atomic E-state index is 10.7. The van der Waals surface area contributed by atoms with E-state index in [1.54, 1.807) is 6.92 Å². The normalized spacial score (nSPS) is 30.4. The topological polar surface area (TPSA) is 35.5 Å². The summed E-state index contributed by atoms with van der Waals surface area (Å²) in [6, 6.07) is 0. The van der Waals surface area contributed by atoms with Crippen LogP contribution >= 0.6 is 0 Å². The Morgan fingerprint density at radius 2 is 2.21 bits per heavy atom. The zero-order valence-electron chi connectivity index (χ0n) is 8.61. The van der Waals surface area contributed by atoms with Crippen LogP contribution in [0.1, 0.15) is 20.8 Å². The summed E-state index contributed by atoms with van der Waals surface area (Å²) in [6.45, 7) is 5.01. The number of carbonyl (C=O) groups is 1. The maximum Gasteiger partial charge on any atom is 0.303 e. The van der Waals surface area contributed by atoms with Crippen LogP contribution in [-0.2, 0) is 14.3 Å². The van der Waals surface area contributed by atoms with Crippen molar-refractivity contribution in [3.8, 4) is 11.8 Å². The minimum absolute atomic E-state index is 0.144. The number of esters is 1. The van der Waals surface area contributed by atoms with Crippen LogP contribution in [0.15, 0.2) is 12.2 Å². The third-order valence-electron chi connectivity index (χ3n) is 1.89. The molecule has 1 aliphatic heterocycles. The maximum atomic E-state index is 10.7. The summed E-state index contributed by atoms with van der Waals surface area (Å²) in [5.41, 5.74) is 0. The quantitative estimate of drug-likeness (QED) is 0.358. The van der Waals surface area contributed by atoms with Gasteiger partial charge in [-0.2, -0.15) is 0 Å². The van der Waals surface area contributed by atoms with Crippen molar-refractivity contribution in [2.75, 3.05) is 0 Å². The molecular formula is C11H14O3. The molecule has 3 heteroatoms. The molecule has 1 rings (SSSR count). The van der Waals surface area contributed by atoms with Gasteiger partial charge in [-0.15, -0.1) is 5.92 Å². The molecule has 1 aliphatic rings. The molecule has 0 N–H and O–H groups in total. The molecule has 0 saturated carbocycles. The standard InChI is InChI=1S/C11H14O3/c1-4-5-10-6-7-11(8(2)13-10)14-9(3)12/h6-8,10-11H,1-3H3/t8-,10?,11+/m0/s1. The molecule has 0 aromatic carbocycles. The number of hydrogen-bond acceptors (Lipinski definition) is 3. The van der Waals surface area contributed by atoms with Crippen molar-refractivity contribution < 1.29 is 14.3 Å². The molecule has 0 amide bonds. The zero-order chi connectivity index (χ0) is 10.6. The highest BCUT2D eigenvalue weighted by Crippen LogP contribution is 2.15. The first-order chi connectivity index (χ1) is 6.63. The summed E-state index contributed by atoms with van der Waals surface area (Å²) < 4.78 is 10.5. The SMILES string of the molecule is CC#CC1C=C[C@@H](OC(C)=O)[C@H](C)O1. The van der Waals surface area contributed by atoms with Gasteiger partial charge in [0.1, 0.15) is 12.2 Å². The monoisotopic (exact) mass is 194 g/mol. The third kappa shape index (κ3) is 2.90. The van der Waals surface area contributed by atoms with Crippen LogP contribution in [0.25, 0.3) is 0 Å². The second-order valence-corrected chi connectivity index (χ2v) is 3.12. The molecule has 1 heterocycles. The van der Waals surface area contributed by atoms with Gasteiger partial charge in [0.15, 0.2) is 0 Å². The smallest absolute Gasteiger partial charge is 0.303 e. The second kappa shape index (κ2) is 4.83. The van der Waals surface area contributed by atoms with E-state index in [0.717, 1.165) is 0 Å². The lowest BCUT2D eigenvalue weighted by molar-refractivity contribution is -0.151. The van der Waals surface area contributed by atoms with Crippen molar-refractivity contribution in [2.24, 2.45) is 0 Å². The summed E-state index contributed by atoms with van der Waals surface area (Å²) in [5, 5.41) is 0. The fraction of sp³-hybridized carbons (Fsp3) is 0.545. The number of ether oxygens (including phenoxy) is 2. The van der Waals surface area contributed by atoms with E-state index in [9.17, 15) is 4.79 Å². The van der Waals surface area contributed by atoms with E-state index in [1.807, 2.05) is 19.1 Å². The van der Waals surface area contributed by atoms with Crippen LogP contribution in [-0.4, -0.2) is 24.3 Å². The van der Waals surface area contributed by atoms with Crippen LogP contribution in [0.2, 0.25) is 0 Å². The Kier molecular flexibility index (Phi) is 3.73. The molecule has 0 aromatic heterocycles. The second-order valence-electron chi connectivity index (χ2n) is 3.12. The van der Waals surface area contributed by atoms with Gasteiger partial charge >= 0.3 is 5.97 Å². The van der Waals surface area contributed by atoms with Crippen molar-refractivity contribution in [1.82, 2.24) is 0 Å². The lowest BCUT2D eigenvalue weighted by Crippen LogP contribution is -2.35. The van der Waals surface area contributed by atoms with Gasteiger partial charge in [-0.1, -0.05) is 5.92 Å². The van der Waals surface area contributed by atoms with Gasteiger partial charge < -0.3 is 9.47 Å². The Hall–Kier alpha value is -1.27. The lowest BCUT2D eigenvalue weighted by atomic mass is 10.1. The van der Waals surface area contributed by atoms with Crippen LogP contribution in [0.4, 0.5) is 0 Å². The van der Waals surface area contributed by atoms with Crippen LogP contribution in [0.5, 0.6) is 0 Å². The van der Waals surface area contributed by atoms with E-state index in [2.05, 4.69) is 11.8 Å². The van der Waals surface area contributed by atoms with Gasteiger partial charge in [0.2, 0.25) is 0 Å². The first kappa shape index (κ1) is 10.8. The number of carbonyl (C=O) groups excluding carboxylic acids is 1. The average molecular weight is 194 g/mol. The van der Waals surface area contributed by atoms with Gasteiger partial charge in [-0.25, -0.2) is 0 Å². The van der Waals surface area contributed by atoms with Crippen LogP contribution < -0.4 is 0 Å². The fourth-order valence-corrected chi connectivity index (χ4v) is 1.27. The molecule has 1 unspecified atom stereocenters. The fourth-order valence-electron chi connectivity index (χ4n) is 1.27. The molecule has 0 saturated heterocycles. The van der Waals surface area contributed by atoms with Crippen molar-refractivity contribution in [3.05, 3.63) is 12.2 Å². The highest BCUT2D eigenvalue weighted by atomic mass is 16.6. The molecule has 3 nitrogen and oxygen atoms in total. The molecular weight excluding hydrogens is 180 g/mol. The minimum Gasteiger partial charge on any atom is -0.456 e. The molecule has 0 radical (unpaired) electrons. The van der Waals surface area contributed by atoms with Crippen molar-refractivity contribution in [3.63, 3.8) is 0 Å². The summed E-state index contributed by atoms with van der Waals surface area (Å²) in [5.74, 6) is 5.37. The van der Waals surface area contributed by atoms with Crippen molar-refractivity contribution in [2.45, 2.75) is 39.1 Å². The van der Waals surface area contributed by atoms with E-state index < -0.39 is 0 Å². The molecule has 3 atom stereocenters. The Bertz CT molecular complexity index is 295. The van der Waals surface area contributed by atoms with Crippen molar-refractivity contribution in [1.29, 1.82) is 0 Å². The Balaban J connectivity index is 2.61. The Morgan fingerprint density at radius 3 is 2.71 bits per heavy atom. The predicted molar refractivity (Wildman–Crippen MR) is 52.5 cm³/mol. The summed E-state index contributed by atoms with van der Waals surface area (Å²) in [4.78, 5) is 10.7. The molecule has 0 fully saturated rings. The zero-order valence-corrected chi connectivity index (χ0v) is 8.61. The molecule has 76 valence electrons. The van der Waals surface area contributed by atoms with Gasteiger partial charge in [0.25, 0.3) is 0 Å². The average Bonchev–Trinajstić information content (AvgIpc) is 2.10. The molecule has 0 spiro atoms. The molecule has 0 bridgehead atoms. The molecule has 0 aromatic rings. The lowest BCUT2D eigenvalue weighted by Gasteiger charge is -2.27. The highest BCUT2D eigenvalue weighted by Gasteiger charge is 2.24. The first-order valence-corrected chi connectivity index (χ1v) is 4.56. The van der Waals surface area contributed by atoms with Crippen LogP contribution in [0, 0.1) is 11.8 Å². The Morgan fingerprint density at radius 1 is 1.50 bits per heavy atom. The minimum atomic E-state index is -0.296. The van der Waals surface area contributed by atoms with E-state index >= 15 is 0 Å². The van der Waals surface area contributed by atoms with Crippen molar-refractivity contribution >= 4 is 5.97 Å². The van der Waals surface area contributed by atoms with Gasteiger partial charge in [-0.05, 0) is 26.0 Å².